The van der Waals surface area contributed by atoms with Gasteiger partial charge in [0.25, 0.3) is 5.91 Å². The number of H-pyrrole nitrogens is 1. The standard InChI is InChI=1S/C15H19N5O/c1-20(2)14-7-10(5-6-16-14)9-17-15(21)13-8-12(18-19-13)11-3-4-11/h5-8,11H,3-4,9H2,1-2H3,(H,17,21)(H,18,19). The maximum absolute atomic E-state index is 12.1. The number of aromatic amines is 1. The van der Waals surface area contributed by atoms with Crippen LogP contribution < -0.4 is 10.2 Å². The molecule has 6 heteroatoms. The number of aromatic nitrogens is 3. The van der Waals surface area contributed by atoms with Gasteiger partial charge in [-0.2, -0.15) is 5.10 Å². The third-order valence-corrected chi connectivity index (χ3v) is 3.57. The Labute approximate surface area is 123 Å². The summed E-state index contributed by atoms with van der Waals surface area (Å²) in [6.07, 6.45) is 4.12. The predicted molar refractivity (Wildman–Crippen MR) is 80.3 cm³/mol. The maximum Gasteiger partial charge on any atom is 0.272 e. The van der Waals surface area contributed by atoms with E-state index in [1.165, 1.54) is 12.8 Å². The zero-order valence-corrected chi connectivity index (χ0v) is 12.3. The lowest BCUT2D eigenvalue weighted by Gasteiger charge is -2.12. The minimum Gasteiger partial charge on any atom is -0.363 e. The Hall–Kier alpha value is -2.37. The van der Waals surface area contributed by atoms with Crippen LogP contribution in [0.4, 0.5) is 5.82 Å². The number of amides is 1. The number of hydrogen-bond donors (Lipinski definition) is 2. The summed E-state index contributed by atoms with van der Waals surface area (Å²) in [5, 5.41) is 9.91. The third-order valence-electron chi connectivity index (χ3n) is 3.57. The molecule has 1 fully saturated rings. The van der Waals surface area contributed by atoms with Crippen LogP contribution in [0.15, 0.2) is 24.4 Å². The Bertz CT molecular complexity index is 645. The van der Waals surface area contributed by atoms with Crippen molar-refractivity contribution in [3.8, 4) is 0 Å². The molecule has 3 rings (SSSR count). The first kappa shape index (κ1) is 13.6. The first-order chi connectivity index (χ1) is 10.1. The van der Waals surface area contributed by atoms with Crippen molar-refractivity contribution >= 4 is 11.7 Å². The van der Waals surface area contributed by atoms with Crippen molar-refractivity contribution in [3.63, 3.8) is 0 Å². The van der Waals surface area contributed by atoms with Crippen molar-refractivity contribution in [2.24, 2.45) is 0 Å². The summed E-state index contributed by atoms with van der Waals surface area (Å²) in [5.41, 5.74) is 2.54. The van der Waals surface area contributed by atoms with Gasteiger partial charge in [0, 0.05) is 38.4 Å². The van der Waals surface area contributed by atoms with Crippen molar-refractivity contribution in [3.05, 3.63) is 41.3 Å². The molecule has 1 aliphatic rings. The van der Waals surface area contributed by atoms with E-state index in [-0.39, 0.29) is 5.91 Å². The van der Waals surface area contributed by atoms with Crippen LogP contribution >= 0.6 is 0 Å². The van der Waals surface area contributed by atoms with Crippen LogP contribution in [0, 0.1) is 0 Å². The predicted octanol–water partition coefficient (Wildman–Crippen LogP) is 1.68. The summed E-state index contributed by atoms with van der Waals surface area (Å²) in [6.45, 7) is 0.466. The Morgan fingerprint density at radius 3 is 2.95 bits per heavy atom. The second-order valence-electron chi connectivity index (χ2n) is 5.58. The number of anilines is 1. The third kappa shape index (κ3) is 3.21. The van der Waals surface area contributed by atoms with E-state index in [0.717, 1.165) is 17.1 Å². The molecule has 2 aromatic heterocycles. The highest BCUT2D eigenvalue weighted by Gasteiger charge is 2.26. The molecule has 0 atom stereocenters. The minimum absolute atomic E-state index is 0.152. The van der Waals surface area contributed by atoms with Gasteiger partial charge >= 0.3 is 0 Å². The van der Waals surface area contributed by atoms with Crippen molar-refractivity contribution in [1.82, 2.24) is 20.5 Å². The molecular formula is C15H19N5O. The van der Waals surface area contributed by atoms with Gasteiger partial charge in [-0.25, -0.2) is 4.98 Å². The normalized spacial score (nSPS) is 14.0. The van der Waals surface area contributed by atoms with Crippen molar-refractivity contribution in [2.75, 3.05) is 19.0 Å². The van der Waals surface area contributed by atoms with Crippen molar-refractivity contribution < 1.29 is 4.79 Å². The zero-order chi connectivity index (χ0) is 14.8. The number of hydrogen-bond acceptors (Lipinski definition) is 4. The van der Waals surface area contributed by atoms with Crippen LogP contribution in [-0.4, -0.2) is 35.2 Å². The Balaban J connectivity index is 1.60. The zero-order valence-electron chi connectivity index (χ0n) is 12.3. The highest BCUT2D eigenvalue weighted by Crippen LogP contribution is 2.38. The molecule has 0 aliphatic heterocycles. The van der Waals surface area contributed by atoms with Gasteiger partial charge in [0.05, 0.1) is 0 Å². The topological polar surface area (TPSA) is 73.9 Å². The average Bonchev–Trinajstić information content (AvgIpc) is 3.22. The van der Waals surface area contributed by atoms with Crippen LogP contribution in [0.2, 0.25) is 0 Å². The van der Waals surface area contributed by atoms with E-state index in [1.807, 2.05) is 37.2 Å². The van der Waals surface area contributed by atoms with Gasteiger partial charge in [0.15, 0.2) is 0 Å². The van der Waals surface area contributed by atoms with E-state index >= 15 is 0 Å². The molecule has 0 bridgehead atoms. The van der Waals surface area contributed by atoms with Crippen LogP contribution in [0.1, 0.15) is 40.5 Å². The maximum atomic E-state index is 12.1. The highest BCUT2D eigenvalue weighted by atomic mass is 16.1. The van der Waals surface area contributed by atoms with E-state index < -0.39 is 0 Å². The molecule has 2 heterocycles. The lowest BCUT2D eigenvalue weighted by Crippen LogP contribution is -2.23. The van der Waals surface area contributed by atoms with Gasteiger partial charge < -0.3 is 10.2 Å². The number of rotatable bonds is 5. The number of carbonyl (C=O) groups excluding carboxylic acids is 1. The molecule has 2 aromatic rings. The molecule has 110 valence electrons. The first-order valence-corrected chi connectivity index (χ1v) is 7.09. The van der Waals surface area contributed by atoms with E-state index in [0.29, 0.717) is 18.2 Å². The summed E-state index contributed by atoms with van der Waals surface area (Å²) in [4.78, 5) is 18.3. The van der Waals surface area contributed by atoms with Crippen LogP contribution in [-0.2, 0) is 6.54 Å². The van der Waals surface area contributed by atoms with E-state index in [4.69, 9.17) is 0 Å². The van der Waals surface area contributed by atoms with Crippen LogP contribution in [0.5, 0.6) is 0 Å². The first-order valence-electron chi connectivity index (χ1n) is 7.09. The Kier molecular flexibility index (Phi) is 3.60. The molecule has 2 N–H and O–H groups in total. The highest BCUT2D eigenvalue weighted by molar-refractivity contribution is 5.92. The second-order valence-corrected chi connectivity index (χ2v) is 5.58. The fourth-order valence-electron chi connectivity index (χ4n) is 2.14. The fourth-order valence-corrected chi connectivity index (χ4v) is 2.14. The molecular weight excluding hydrogens is 266 g/mol. The van der Waals surface area contributed by atoms with Gasteiger partial charge in [-0.05, 0) is 36.6 Å². The van der Waals surface area contributed by atoms with E-state index in [9.17, 15) is 4.79 Å². The molecule has 0 unspecified atom stereocenters. The summed E-state index contributed by atoms with van der Waals surface area (Å²) >= 11 is 0. The lowest BCUT2D eigenvalue weighted by atomic mass is 10.2. The molecule has 21 heavy (non-hydrogen) atoms. The molecule has 0 spiro atoms. The second kappa shape index (κ2) is 5.55. The average molecular weight is 285 g/mol. The molecule has 0 radical (unpaired) electrons. The fraction of sp³-hybridized carbons (Fsp3) is 0.400. The smallest absolute Gasteiger partial charge is 0.272 e. The monoisotopic (exact) mass is 285 g/mol. The number of carbonyl (C=O) groups is 1. The van der Waals surface area contributed by atoms with Crippen molar-refractivity contribution in [2.45, 2.75) is 25.3 Å². The van der Waals surface area contributed by atoms with Gasteiger partial charge in [-0.1, -0.05) is 0 Å². The number of nitrogens with one attached hydrogen (secondary N) is 2. The van der Waals surface area contributed by atoms with Crippen LogP contribution in [0.3, 0.4) is 0 Å². The van der Waals surface area contributed by atoms with E-state index in [1.54, 1.807) is 6.20 Å². The van der Waals surface area contributed by atoms with Crippen molar-refractivity contribution in [1.29, 1.82) is 0 Å². The Morgan fingerprint density at radius 2 is 2.24 bits per heavy atom. The molecule has 6 nitrogen and oxygen atoms in total. The summed E-state index contributed by atoms with van der Waals surface area (Å²) in [6, 6.07) is 5.71. The quantitative estimate of drug-likeness (QED) is 0.876. The molecule has 0 aromatic carbocycles. The SMILES string of the molecule is CN(C)c1cc(CNC(=O)c2cc(C3CC3)[nH]n2)ccn1. The van der Waals surface area contributed by atoms with Crippen LogP contribution in [0.25, 0.3) is 0 Å². The molecule has 1 saturated carbocycles. The summed E-state index contributed by atoms with van der Waals surface area (Å²) < 4.78 is 0. The van der Waals surface area contributed by atoms with Gasteiger partial charge in [-0.3, -0.25) is 9.89 Å². The Morgan fingerprint density at radius 1 is 1.43 bits per heavy atom. The lowest BCUT2D eigenvalue weighted by molar-refractivity contribution is 0.0946. The molecule has 1 amide bonds. The van der Waals surface area contributed by atoms with Gasteiger partial charge in [-0.15, -0.1) is 0 Å². The molecule has 0 saturated heterocycles. The molecule has 1 aliphatic carbocycles. The summed E-state index contributed by atoms with van der Waals surface area (Å²) in [5.74, 6) is 1.29. The van der Waals surface area contributed by atoms with E-state index in [2.05, 4.69) is 20.5 Å². The van der Waals surface area contributed by atoms with Gasteiger partial charge in [0.2, 0.25) is 0 Å². The summed E-state index contributed by atoms with van der Waals surface area (Å²) in [7, 11) is 3.88. The largest absolute Gasteiger partial charge is 0.363 e. The minimum atomic E-state index is -0.152. The number of nitrogens with zero attached hydrogens (tertiary/aromatic N) is 3. The van der Waals surface area contributed by atoms with Gasteiger partial charge in [0.1, 0.15) is 11.5 Å². The number of pyridine rings is 1.